The number of aromatic carboxylic acids is 1. The molecule has 0 spiro atoms. The van der Waals surface area contributed by atoms with Crippen molar-refractivity contribution < 1.29 is 18.3 Å². The lowest BCUT2D eigenvalue weighted by atomic mass is 9.94. The van der Waals surface area contributed by atoms with Gasteiger partial charge in [0.15, 0.2) is 0 Å². The molecule has 0 radical (unpaired) electrons. The van der Waals surface area contributed by atoms with Gasteiger partial charge in [0.2, 0.25) is 0 Å². The van der Waals surface area contributed by atoms with Crippen molar-refractivity contribution in [3.63, 3.8) is 0 Å². The molecule has 21 heavy (non-hydrogen) atoms. The average molecular weight is 312 g/mol. The number of hydrogen-bond acceptors (Lipinski definition) is 3. The number of nitrogens with one attached hydrogen (secondary N) is 1. The number of carbonyl (C=O) groups is 1. The quantitative estimate of drug-likeness (QED) is 0.890. The third-order valence-corrected chi connectivity index (χ3v) is 5.03. The van der Waals surface area contributed by atoms with Crippen LogP contribution in [0.3, 0.4) is 0 Å². The normalized spacial score (nSPS) is 23.7. The van der Waals surface area contributed by atoms with E-state index < -0.39 is 16.2 Å². The van der Waals surface area contributed by atoms with Gasteiger partial charge < -0.3 is 5.11 Å². The standard InChI is InChI=1S/C14H20N2O4S/c1-10-7-11(2)9-16(8-10)21(19,20)15-13-6-4-3-5-12(13)14(17)18/h3-6,10-11,15H,7-9H2,1-2H3,(H,17,18). The van der Waals surface area contributed by atoms with Gasteiger partial charge in [-0.3, -0.25) is 4.72 Å². The van der Waals surface area contributed by atoms with Crippen LogP contribution in [0.15, 0.2) is 24.3 Å². The highest BCUT2D eigenvalue weighted by atomic mass is 32.2. The second kappa shape index (κ2) is 6.03. The van der Waals surface area contributed by atoms with Gasteiger partial charge in [0.1, 0.15) is 0 Å². The molecule has 0 bridgehead atoms. The molecular weight excluding hydrogens is 292 g/mol. The van der Waals surface area contributed by atoms with Gasteiger partial charge in [-0.1, -0.05) is 26.0 Å². The number of nitrogens with zero attached hydrogens (tertiary/aromatic N) is 1. The van der Waals surface area contributed by atoms with Gasteiger partial charge in [0.05, 0.1) is 11.3 Å². The fourth-order valence-electron chi connectivity index (χ4n) is 2.76. The summed E-state index contributed by atoms with van der Waals surface area (Å²) in [7, 11) is -3.74. The first-order valence-corrected chi connectivity index (χ1v) is 8.34. The summed E-state index contributed by atoms with van der Waals surface area (Å²) >= 11 is 0. The summed E-state index contributed by atoms with van der Waals surface area (Å²) in [6, 6.07) is 6.00. The molecule has 0 amide bonds. The van der Waals surface area contributed by atoms with Crippen molar-refractivity contribution in [3.8, 4) is 0 Å². The average Bonchev–Trinajstić information content (AvgIpc) is 2.37. The highest BCUT2D eigenvalue weighted by Gasteiger charge is 2.31. The Labute approximate surface area is 125 Å². The predicted octanol–water partition coefficient (Wildman–Crippen LogP) is 2.02. The van der Waals surface area contributed by atoms with Crippen LogP contribution in [0.25, 0.3) is 0 Å². The van der Waals surface area contributed by atoms with Crippen molar-refractivity contribution in [2.75, 3.05) is 17.8 Å². The van der Waals surface area contributed by atoms with Gasteiger partial charge >= 0.3 is 16.2 Å². The summed E-state index contributed by atoms with van der Waals surface area (Å²) in [6.45, 7) is 4.94. The Morgan fingerprint density at radius 2 is 1.81 bits per heavy atom. The molecule has 2 atom stereocenters. The van der Waals surface area contributed by atoms with Gasteiger partial charge in [-0.25, -0.2) is 4.79 Å². The molecule has 0 saturated carbocycles. The number of carboxylic acid groups (broad SMARTS) is 1. The van der Waals surface area contributed by atoms with Crippen LogP contribution in [0.2, 0.25) is 0 Å². The maximum absolute atomic E-state index is 12.4. The molecule has 0 aliphatic carbocycles. The molecule has 1 aliphatic rings. The lowest BCUT2D eigenvalue weighted by Gasteiger charge is -2.34. The van der Waals surface area contributed by atoms with E-state index in [1.807, 2.05) is 13.8 Å². The van der Waals surface area contributed by atoms with Crippen molar-refractivity contribution in [1.82, 2.24) is 4.31 Å². The number of anilines is 1. The molecule has 1 aromatic rings. The SMILES string of the molecule is CC1CC(C)CN(S(=O)(=O)Nc2ccccc2C(=O)O)C1. The maximum Gasteiger partial charge on any atom is 0.337 e. The molecule has 6 nitrogen and oxygen atoms in total. The van der Waals surface area contributed by atoms with E-state index in [0.717, 1.165) is 6.42 Å². The lowest BCUT2D eigenvalue weighted by Crippen LogP contribution is -2.45. The number of rotatable bonds is 4. The molecule has 2 rings (SSSR count). The largest absolute Gasteiger partial charge is 0.478 e. The van der Waals surface area contributed by atoms with Gasteiger partial charge in [0.25, 0.3) is 0 Å². The minimum atomic E-state index is -3.74. The van der Waals surface area contributed by atoms with Gasteiger partial charge in [-0.2, -0.15) is 12.7 Å². The van der Waals surface area contributed by atoms with Crippen LogP contribution in [0.1, 0.15) is 30.6 Å². The lowest BCUT2D eigenvalue weighted by molar-refractivity contribution is 0.0698. The van der Waals surface area contributed by atoms with E-state index >= 15 is 0 Å². The summed E-state index contributed by atoms with van der Waals surface area (Å²) in [5, 5.41) is 9.11. The molecule has 1 fully saturated rings. The first-order valence-electron chi connectivity index (χ1n) is 6.90. The Kier molecular flexibility index (Phi) is 4.53. The van der Waals surface area contributed by atoms with E-state index in [9.17, 15) is 13.2 Å². The Morgan fingerprint density at radius 1 is 1.24 bits per heavy atom. The van der Waals surface area contributed by atoms with E-state index in [-0.39, 0.29) is 11.3 Å². The van der Waals surface area contributed by atoms with E-state index in [0.29, 0.717) is 24.9 Å². The predicted molar refractivity (Wildman–Crippen MR) is 80.5 cm³/mol. The molecule has 0 aromatic heterocycles. The van der Waals surface area contributed by atoms with E-state index in [2.05, 4.69) is 4.72 Å². The van der Waals surface area contributed by atoms with Crippen LogP contribution >= 0.6 is 0 Å². The Bertz CT molecular complexity index is 620. The van der Waals surface area contributed by atoms with Crippen LogP contribution in [-0.4, -0.2) is 36.9 Å². The minimum Gasteiger partial charge on any atom is -0.478 e. The number of carboxylic acids is 1. The fourth-order valence-corrected chi connectivity index (χ4v) is 4.25. The molecule has 2 unspecified atom stereocenters. The summed E-state index contributed by atoms with van der Waals surface area (Å²) in [6.07, 6.45) is 0.998. The molecule has 116 valence electrons. The second-order valence-corrected chi connectivity index (χ2v) is 7.39. The molecule has 2 N–H and O–H groups in total. The fraction of sp³-hybridized carbons (Fsp3) is 0.500. The summed E-state index contributed by atoms with van der Waals surface area (Å²) in [4.78, 5) is 11.1. The van der Waals surface area contributed by atoms with Crippen LogP contribution < -0.4 is 4.72 Å². The number of piperidine rings is 1. The second-order valence-electron chi connectivity index (χ2n) is 5.72. The molecule has 1 aliphatic heterocycles. The zero-order chi connectivity index (χ0) is 15.6. The third-order valence-electron chi connectivity index (χ3n) is 3.57. The first-order chi connectivity index (χ1) is 9.79. The van der Waals surface area contributed by atoms with Gasteiger partial charge in [-0.05, 0) is 30.4 Å². The third kappa shape index (κ3) is 3.74. The van der Waals surface area contributed by atoms with Crippen molar-refractivity contribution in [3.05, 3.63) is 29.8 Å². The zero-order valence-corrected chi connectivity index (χ0v) is 12.9. The Hall–Kier alpha value is -1.60. The molecular formula is C14H20N2O4S. The van der Waals surface area contributed by atoms with Crippen LogP contribution in [0.4, 0.5) is 5.69 Å². The van der Waals surface area contributed by atoms with E-state index in [1.54, 1.807) is 12.1 Å². The monoisotopic (exact) mass is 312 g/mol. The molecule has 1 saturated heterocycles. The van der Waals surface area contributed by atoms with Gasteiger partial charge in [-0.15, -0.1) is 0 Å². The van der Waals surface area contributed by atoms with E-state index in [4.69, 9.17) is 5.11 Å². The van der Waals surface area contributed by atoms with Crippen molar-refractivity contribution in [1.29, 1.82) is 0 Å². The van der Waals surface area contributed by atoms with Crippen molar-refractivity contribution in [2.24, 2.45) is 11.8 Å². The smallest absolute Gasteiger partial charge is 0.337 e. The number of benzene rings is 1. The van der Waals surface area contributed by atoms with Crippen molar-refractivity contribution in [2.45, 2.75) is 20.3 Å². The topological polar surface area (TPSA) is 86.7 Å². The van der Waals surface area contributed by atoms with Gasteiger partial charge in [0, 0.05) is 13.1 Å². The highest BCUT2D eigenvalue weighted by Crippen LogP contribution is 2.25. The highest BCUT2D eigenvalue weighted by molar-refractivity contribution is 7.90. The van der Waals surface area contributed by atoms with Crippen molar-refractivity contribution >= 4 is 21.9 Å². The van der Waals surface area contributed by atoms with Crippen LogP contribution in [0.5, 0.6) is 0 Å². The molecule has 1 aromatic carbocycles. The Balaban J connectivity index is 2.24. The Morgan fingerprint density at radius 3 is 2.38 bits per heavy atom. The summed E-state index contributed by atoms with van der Waals surface area (Å²) in [5.74, 6) is -0.575. The summed E-state index contributed by atoms with van der Waals surface area (Å²) in [5.41, 5.74) is 0.0371. The molecule has 7 heteroatoms. The number of para-hydroxylation sites is 1. The molecule has 1 heterocycles. The minimum absolute atomic E-state index is 0.0563. The zero-order valence-electron chi connectivity index (χ0n) is 12.1. The van der Waals surface area contributed by atoms with Crippen LogP contribution in [0, 0.1) is 11.8 Å². The van der Waals surface area contributed by atoms with E-state index in [1.165, 1.54) is 16.4 Å². The summed E-state index contributed by atoms with van der Waals surface area (Å²) < 4.78 is 28.7. The maximum atomic E-state index is 12.4. The van der Waals surface area contributed by atoms with Crippen LogP contribution in [-0.2, 0) is 10.2 Å². The number of hydrogen-bond donors (Lipinski definition) is 2. The first kappa shape index (κ1) is 15.8.